The third-order valence-corrected chi connectivity index (χ3v) is 7.27. The first-order chi connectivity index (χ1) is 20.8. The second-order valence-corrected chi connectivity index (χ2v) is 11.9. The van der Waals surface area contributed by atoms with E-state index >= 15 is 0 Å². The van der Waals surface area contributed by atoms with E-state index in [1.165, 1.54) is 12.4 Å². The summed E-state index contributed by atoms with van der Waals surface area (Å²) in [6, 6.07) is 9.67. The standard InChI is InChI=1S/C32H34F3N5O4/c1-31(2,3)44-30(43)36-18-24-12-13-26(32(33,34)35)17-27(24)21-6-8-22(9-7-21)28(41)25-5-4-14-39(19-25)40-16-15-38(20-37-40)29(42)23-10-11-23/h4-9,12-14,17,20,23H,10-11,15-16,18-19H2,1-3H3,(H,36,43). The SMILES string of the molecule is CC(C)(C)OC(=O)NCc1ccc(C(F)(F)F)cc1-c1ccc(C(=O)C2=CC=CN(N3CCN(C(=O)C4CC4)C=N3)C2)cc1. The molecule has 1 fully saturated rings. The molecule has 0 saturated heterocycles. The van der Waals surface area contributed by atoms with Crippen LogP contribution in [0, 0.1) is 5.92 Å². The van der Waals surface area contributed by atoms with Gasteiger partial charge in [0, 0.05) is 36.3 Å². The summed E-state index contributed by atoms with van der Waals surface area (Å²) in [5.74, 6) is -0.0258. The minimum Gasteiger partial charge on any atom is -0.444 e. The zero-order valence-electron chi connectivity index (χ0n) is 24.7. The van der Waals surface area contributed by atoms with Crippen LogP contribution in [0.25, 0.3) is 11.1 Å². The van der Waals surface area contributed by atoms with E-state index in [0.29, 0.717) is 35.4 Å². The van der Waals surface area contributed by atoms with Crippen LogP contribution in [0.2, 0.25) is 0 Å². The molecule has 232 valence electrons. The van der Waals surface area contributed by atoms with Crippen molar-refractivity contribution in [3.8, 4) is 11.1 Å². The van der Waals surface area contributed by atoms with Crippen molar-refractivity contribution in [2.75, 3.05) is 19.6 Å². The second kappa shape index (κ2) is 12.2. The Bertz CT molecular complexity index is 1520. The van der Waals surface area contributed by atoms with Gasteiger partial charge in [0.2, 0.25) is 5.91 Å². The van der Waals surface area contributed by atoms with Crippen molar-refractivity contribution in [3.05, 3.63) is 83.1 Å². The minimum atomic E-state index is -4.56. The second-order valence-electron chi connectivity index (χ2n) is 11.9. The summed E-state index contributed by atoms with van der Waals surface area (Å²) in [4.78, 5) is 39.5. The highest BCUT2D eigenvalue weighted by molar-refractivity contribution is 6.09. The number of nitrogens with zero attached hydrogens (tertiary/aromatic N) is 4. The topological polar surface area (TPSA) is 94.5 Å². The first kappa shape index (κ1) is 30.8. The maximum absolute atomic E-state index is 13.6. The van der Waals surface area contributed by atoms with Gasteiger partial charge in [-0.2, -0.15) is 13.2 Å². The van der Waals surface area contributed by atoms with E-state index in [9.17, 15) is 27.6 Å². The molecule has 2 aromatic rings. The van der Waals surface area contributed by atoms with Crippen LogP contribution in [0.3, 0.4) is 0 Å². The molecule has 2 amide bonds. The lowest BCUT2D eigenvalue weighted by atomic mass is 9.94. The molecule has 0 unspecified atom stereocenters. The zero-order chi connectivity index (χ0) is 31.6. The summed E-state index contributed by atoms with van der Waals surface area (Å²) >= 11 is 0. The maximum atomic E-state index is 13.6. The van der Waals surface area contributed by atoms with Crippen LogP contribution in [0.5, 0.6) is 0 Å². The summed E-state index contributed by atoms with van der Waals surface area (Å²) < 4.78 is 45.9. The number of alkyl halides is 3. The number of hydrogen-bond donors (Lipinski definition) is 1. The van der Waals surface area contributed by atoms with E-state index in [2.05, 4.69) is 10.4 Å². The van der Waals surface area contributed by atoms with Gasteiger partial charge in [-0.15, -0.1) is 5.10 Å². The Morgan fingerprint density at radius 3 is 2.36 bits per heavy atom. The summed E-state index contributed by atoms with van der Waals surface area (Å²) in [6.07, 6.45) is 3.39. The van der Waals surface area contributed by atoms with E-state index < -0.39 is 23.4 Å². The number of halogens is 3. The predicted molar refractivity (Wildman–Crippen MR) is 158 cm³/mol. The number of benzene rings is 2. The number of carbonyl (C=O) groups is 3. The Labute approximate surface area is 253 Å². The molecule has 9 nitrogen and oxygen atoms in total. The Balaban J connectivity index is 1.28. The van der Waals surface area contributed by atoms with Crippen molar-refractivity contribution in [3.63, 3.8) is 0 Å². The van der Waals surface area contributed by atoms with Crippen LogP contribution < -0.4 is 5.32 Å². The zero-order valence-corrected chi connectivity index (χ0v) is 24.7. The van der Waals surface area contributed by atoms with Crippen LogP contribution >= 0.6 is 0 Å². The highest BCUT2D eigenvalue weighted by Gasteiger charge is 2.34. The Hall–Kier alpha value is -4.61. The first-order valence-electron chi connectivity index (χ1n) is 14.4. The number of ketones is 1. The Kier molecular flexibility index (Phi) is 8.53. The summed E-state index contributed by atoms with van der Waals surface area (Å²) in [7, 11) is 0. The quantitative estimate of drug-likeness (QED) is 0.402. The van der Waals surface area contributed by atoms with Crippen LogP contribution in [-0.2, 0) is 22.3 Å². The van der Waals surface area contributed by atoms with Gasteiger partial charge >= 0.3 is 12.3 Å². The molecule has 1 saturated carbocycles. The molecule has 0 spiro atoms. The maximum Gasteiger partial charge on any atom is 0.416 e. The summed E-state index contributed by atoms with van der Waals surface area (Å²) in [6.45, 7) is 6.33. The number of hydrazine groups is 1. The molecule has 1 aliphatic carbocycles. The molecule has 2 aromatic carbocycles. The number of amides is 2. The number of ether oxygens (including phenoxy) is 1. The van der Waals surface area contributed by atoms with Crippen molar-refractivity contribution >= 4 is 24.1 Å². The third kappa shape index (κ3) is 7.47. The van der Waals surface area contributed by atoms with Gasteiger partial charge in [-0.1, -0.05) is 36.4 Å². The van der Waals surface area contributed by atoms with E-state index in [0.717, 1.165) is 25.0 Å². The normalized spacial score (nSPS) is 17.0. The van der Waals surface area contributed by atoms with E-state index in [1.54, 1.807) is 78.4 Å². The van der Waals surface area contributed by atoms with Gasteiger partial charge in [0.15, 0.2) is 5.78 Å². The number of allylic oxidation sites excluding steroid dienone is 2. The van der Waals surface area contributed by atoms with Gasteiger partial charge in [0.05, 0.1) is 18.7 Å². The van der Waals surface area contributed by atoms with Crippen LogP contribution in [0.15, 0.2) is 71.5 Å². The number of hydrazone groups is 1. The lowest BCUT2D eigenvalue weighted by molar-refractivity contribution is -0.137. The largest absolute Gasteiger partial charge is 0.444 e. The highest BCUT2D eigenvalue weighted by Crippen LogP contribution is 2.35. The van der Waals surface area contributed by atoms with Crippen molar-refractivity contribution < 1.29 is 32.3 Å². The lowest BCUT2D eigenvalue weighted by Crippen LogP contribution is -2.48. The van der Waals surface area contributed by atoms with Crippen LogP contribution in [-0.4, -0.2) is 64.4 Å². The average molecular weight is 610 g/mol. The van der Waals surface area contributed by atoms with Crippen molar-refractivity contribution in [2.24, 2.45) is 11.0 Å². The van der Waals surface area contributed by atoms with E-state index in [4.69, 9.17) is 4.74 Å². The van der Waals surface area contributed by atoms with Crippen LogP contribution in [0.4, 0.5) is 18.0 Å². The molecule has 0 bridgehead atoms. The number of nitrogens with one attached hydrogen (secondary N) is 1. The molecule has 2 aliphatic heterocycles. The fourth-order valence-corrected chi connectivity index (χ4v) is 4.85. The fraction of sp³-hybridized carbons (Fsp3) is 0.375. The van der Waals surface area contributed by atoms with Gasteiger partial charge in [-0.25, -0.2) is 9.91 Å². The van der Waals surface area contributed by atoms with Gasteiger partial charge in [0.25, 0.3) is 0 Å². The predicted octanol–water partition coefficient (Wildman–Crippen LogP) is 5.75. The number of hydrogen-bond acceptors (Lipinski definition) is 7. The molecule has 0 atom stereocenters. The molecule has 0 radical (unpaired) electrons. The molecule has 5 rings (SSSR count). The average Bonchev–Trinajstić information content (AvgIpc) is 3.84. The Morgan fingerprint density at radius 1 is 1.02 bits per heavy atom. The third-order valence-electron chi connectivity index (χ3n) is 7.27. The van der Waals surface area contributed by atoms with Gasteiger partial charge in [0.1, 0.15) is 11.9 Å². The summed E-state index contributed by atoms with van der Waals surface area (Å²) in [5.41, 5.74) is 0.520. The van der Waals surface area contributed by atoms with Gasteiger partial charge in [-0.3, -0.25) is 19.5 Å². The number of rotatable bonds is 7. The van der Waals surface area contributed by atoms with Crippen molar-refractivity contribution in [1.82, 2.24) is 20.3 Å². The van der Waals surface area contributed by atoms with E-state index in [-0.39, 0.29) is 36.3 Å². The lowest BCUT2D eigenvalue weighted by Gasteiger charge is -2.37. The number of carbonyl (C=O) groups excluding carboxylic acids is 3. The highest BCUT2D eigenvalue weighted by atomic mass is 19.4. The van der Waals surface area contributed by atoms with Crippen molar-refractivity contribution in [1.29, 1.82) is 0 Å². The minimum absolute atomic E-state index is 0.0520. The van der Waals surface area contributed by atoms with Gasteiger partial charge < -0.3 is 10.1 Å². The molecular weight excluding hydrogens is 575 g/mol. The van der Waals surface area contributed by atoms with Crippen molar-refractivity contribution in [2.45, 2.75) is 51.9 Å². The molecular formula is C32H34F3N5O4. The van der Waals surface area contributed by atoms with Gasteiger partial charge in [-0.05, 0) is 68.5 Å². The van der Waals surface area contributed by atoms with E-state index in [1.807, 2.05) is 0 Å². The molecule has 3 aliphatic rings. The number of alkyl carbamates (subject to hydrolysis) is 1. The van der Waals surface area contributed by atoms with Crippen LogP contribution in [0.1, 0.15) is 55.1 Å². The molecule has 1 N–H and O–H groups in total. The number of Topliss-reactive ketones (excluding diaryl/α,β-unsaturated/α-hetero) is 1. The molecule has 12 heteroatoms. The fourth-order valence-electron chi connectivity index (χ4n) is 4.85. The monoisotopic (exact) mass is 609 g/mol. The Morgan fingerprint density at radius 2 is 1.75 bits per heavy atom. The summed E-state index contributed by atoms with van der Waals surface area (Å²) in [5, 5.41) is 10.5. The smallest absolute Gasteiger partial charge is 0.416 e. The molecule has 2 heterocycles. The molecule has 0 aromatic heterocycles. The molecule has 44 heavy (non-hydrogen) atoms. The first-order valence-corrected chi connectivity index (χ1v) is 14.4.